The van der Waals surface area contributed by atoms with Crippen molar-refractivity contribution in [1.29, 1.82) is 0 Å². The third kappa shape index (κ3) is 7.48. The first kappa shape index (κ1) is 19.5. The summed E-state index contributed by atoms with van der Waals surface area (Å²) in [7, 11) is 1.48. The van der Waals surface area contributed by atoms with Crippen LogP contribution in [0.3, 0.4) is 0 Å². The summed E-state index contributed by atoms with van der Waals surface area (Å²) < 4.78 is 5.04. The molecular weight excluding hydrogens is 296 g/mol. The molecule has 1 aromatic carbocycles. The van der Waals surface area contributed by atoms with Crippen LogP contribution in [0.15, 0.2) is 18.2 Å². The maximum atomic E-state index is 12.0. The van der Waals surface area contributed by atoms with Gasteiger partial charge in [0.1, 0.15) is 5.78 Å². The summed E-state index contributed by atoms with van der Waals surface area (Å²) in [4.78, 5) is 12.0. The van der Waals surface area contributed by atoms with E-state index in [4.69, 9.17) is 9.84 Å². The van der Waals surface area contributed by atoms with Gasteiger partial charge in [0, 0.05) is 19.4 Å². The molecule has 2 atom stereocenters. The highest BCUT2D eigenvalue weighted by Crippen LogP contribution is 2.26. The van der Waals surface area contributed by atoms with Crippen LogP contribution in [0.5, 0.6) is 11.5 Å². The zero-order valence-corrected chi connectivity index (χ0v) is 14.0. The number of aliphatic hydroxyl groups is 2. The molecule has 1 aromatic rings. The van der Waals surface area contributed by atoms with Gasteiger partial charge in [0.15, 0.2) is 11.5 Å². The predicted molar refractivity (Wildman–Crippen MR) is 88.7 cm³/mol. The van der Waals surface area contributed by atoms with Crippen LogP contribution in [0, 0.1) is 5.92 Å². The number of ketones is 1. The fourth-order valence-electron chi connectivity index (χ4n) is 2.63. The minimum atomic E-state index is -0.620. The number of aliphatic hydroxyl groups excluding tert-OH is 2. The summed E-state index contributed by atoms with van der Waals surface area (Å²) in [5.74, 6) is 0.799. The molecule has 0 radical (unpaired) electrons. The highest BCUT2D eigenvalue weighted by molar-refractivity contribution is 5.79. The van der Waals surface area contributed by atoms with Crippen molar-refractivity contribution in [3.8, 4) is 11.5 Å². The number of carbonyl (C=O) groups is 1. The van der Waals surface area contributed by atoms with Crippen molar-refractivity contribution in [3.05, 3.63) is 23.8 Å². The maximum absolute atomic E-state index is 12.0. The largest absolute Gasteiger partial charge is 0.504 e. The van der Waals surface area contributed by atoms with Crippen molar-refractivity contribution in [2.24, 2.45) is 5.92 Å². The summed E-state index contributed by atoms with van der Waals surface area (Å²) in [5, 5.41) is 28.3. The number of benzene rings is 1. The second-order valence-corrected chi connectivity index (χ2v) is 6.11. The molecule has 0 aliphatic rings. The Morgan fingerprint density at radius 3 is 2.74 bits per heavy atom. The van der Waals surface area contributed by atoms with Gasteiger partial charge in [-0.2, -0.15) is 0 Å². The van der Waals surface area contributed by atoms with Crippen molar-refractivity contribution in [2.45, 2.75) is 51.6 Å². The van der Waals surface area contributed by atoms with Crippen LogP contribution in [-0.2, 0) is 11.2 Å². The molecule has 0 spiro atoms. The standard InChI is InChI=1S/C18H28O5/c1-13(4-3-9-19)10-16(21)12-15(20)7-5-14-6-8-17(22)18(11-14)23-2/h6,8,11,13,16,19,21-22H,3-5,7,9-10,12H2,1-2H3/t13-,16-/m1/s1. The Balaban J connectivity index is 2.36. The summed E-state index contributed by atoms with van der Waals surface area (Å²) in [5.41, 5.74) is 0.916. The van der Waals surface area contributed by atoms with Gasteiger partial charge in [-0.1, -0.05) is 13.0 Å². The molecule has 0 unspecified atom stereocenters. The number of Topliss-reactive ketones (excluding diaryl/α,β-unsaturated/α-hetero) is 1. The Kier molecular flexibility index (Phi) is 8.66. The first-order valence-electron chi connectivity index (χ1n) is 8.12. The molecule has 5 nitrogen and oxygen atoms in total. The van der Waals surface area contributed by atoms with Gasteiger partial charge in [-0.3, -0.25) is 4.79 Å². The molecule has 0 aliphatic carbocycles. The van der Waals surface area contributed by atoms with Crippen LogP contribution in [-0.4, -0.2) is 40.9 Å². The molecule has 0 aliphatic heterocycles. The van der Waals surface area contributed by atoms with Gasteiger partial charge in [0.2, 0.25) is 0 Å². The molecule has 23 heavy (non-hydrogen) atoms. The third-order valence-electron chi connectivity index (χ3n) is 3.93. The number of phenols is 1. The molecule has 0 aromatic heterocycles. The maximum Gasteiger partial charge on any atom is 0.160 e. The first-order chi connectivity index (χ1) is 11.0. The van der Waals surface area contributed by atoms with Crippen molar-refractivity contribution in [2.75, 3.05) is 13.7 Å². The van der Waals surface area contributed by atoms with Gasteiger partial charge >= 0.3 is 0 Å². The monoisotopic (exact) mass is 324 g/mol. The Bertz CT molecular complexity index is 486. The normalized spacial score (nSPS) is 13.6. The van der Waals surface area contributed by atoms with E-state index in [2.05, 4.69) is 0 Å². The van der Waals surface area contributed by atoms with Gasteiger partial charge in [0.05, 0.1) is 13.2 Å². The Hall–Kier alpha value is -1.59. The number of aryl methyl sites for hydroxylation is 1. The van der Waals surface area contributed by atoms with E-state index in [1.165, 1.54) is 7.11 Å². The fourth-order valence-corrected chi connectivity index (χ4v) is 2.63. The van der Waals surface area contributed by atoms with Crippen molar-refractivity contribution in [1.82, 2.24) is 0 Å². The van der Waals surface area contributed by atoms with Gasteiger partial charge < -0.3 is 20.1 Å². The van der Waals surface area contributed by atoms with E-state index in [9.17, 15) is 15.0 Å². The van der Waals surface area contributed by atoms with E-state index in [1.54, 1.807) is 18.2 Å². The average Bonchev–Trinajstić information content (AvgIpc) is 2.51. The van der Waals surface area contributed by atoms with Gasteiger partial charge in [0.25, 0.3) is 0 Å². The molecule has 0 saturated heterocycles. The Morgan fingerprint density at radius 1 is 1.35 bits per heavy atom. The molecule has 5 heteroatoms. The summed E-state index contributed by atoms with van der Waals surface area (Å²) in [6, 6.07) is 5.03. The summed E-state index contributed by atoms with van der Waals surface area (Å²) in [6.07, 6.45) is 2.63. The lowest BCUT2D eigenvalue weighted by atomic mass is 9.95. The van der Waals surface area contributed by atoms with E-state index in [0.29, 0.717) is 30.9 Å². The lowest BCUT2D eigenvalue weighted by molar-refractivity contribution is -0.121. The van der Waals surface area contributed by atoms with Gasteiger partial charge in [-0.15, -0.1) is 0 Å². The number of ether oxygens (including phenoxy) is 1. The van der Waals surface area contributed by atoms with E-state index in [0.717, 1.165) is 18.4 Å². The lowest BCUT2D eigenvalue weighted by Gasteiger charge is -2.15. The lowest BCUT2D eigenvalue weighted by Crippen LogP contribution is -2.17. The van der Waals surface area contributed by atoms with Gasteiger partial charge in [-0.05, 0) is 49.3 Å². The second kappa shape index (κ2) is 10.2. The Labute approximate surface area is 137 Å². The zero-order valence-electron chi connectivity index (χ0n) is 14.0. The van der Waals surface area contributed by atoms with Crippen LogP contribution in [0.2, 0.25) is 0 Å². The molecule has 0 amide bonds. The minimum absolute atomic E-state index is 0.0268. The van der Waals surface area contributed by atoms with Crippen LogP contribution < -0.4 is 4.74 Å². The van der Waals surface area contributed by atoms with E-state index in [-0.39, 0.29) is 24.6 Å². The molecule has 0 heterocycles. The van der Waals surface area contributed by atoms with Crippen LogP contribution >= 0.6 is 0 Å². The van der Waals surface area contributed by atoms with E-state index >= 15 is 0 Å². The smallest absolute Gasteiger partial charge is 0.160 e. The highest BCUT2D eigenvalue weighted by Gasteiger charge is 2.14. The second-order valence-electron chi connectivity index (χ2n) is 6.11. The predicted octanol–water partition coefficient (Wildman–Crippen LogP) is 2.45. The number of hydrogen-bond donors (Lipinski definition) is 3. The Morgan fingerprint density at radius 2 is 2.09 bits per heavy atom. The summed E-state index contributed by atoms with van der Waals surface area (Å²) >= 11 is 0. The summed E-state index contributed by atoms with van der Waals surface area (Å²) in [6.45, 7) is 2.18. The zero-order chi connectivity index (χ0) is 17.2. The number of methoxy groups -OCH3 is 1. The van der Waals surface area contributed by atoms with Crippen LogP contribution in [0.1, 0.15) is 44.6 Å². The molecule has 0 fully saturated rings. The van der Waals surface area contributed by atoms with E-state index < -0.39 is 6.10 Å². The van der Waals surface area contributed by atoms with Crippen LogP contribution in [0.25, 0.3) is 0 Å². The topological polar surface area (TPSA) is 87.0 Å². The SMILES string of the molecule is COc1cc(CCC(=O)C[C@H](O)C[C@H](C)CCCO)ccc1O. The third-order valence-corrected chi connectivity index (χ3v) is 3.93. The minimum Gasteiger partial charge on any atom is -0.504 e. The van der Waals surface area contributed by atoms with Gasteiger partial charge in [-0.25, -0.2) is 0 Å². The number of carbonyl (C=O) groups excluding carboxylic acids is 1. The first-order valence-corrected chi connectivity index (χ1v) is 8.12. The molecule has 1 rings (SSSR count). The molecule has 0 bridgehead atoms. The van der Waals surface area contributed by atoms with Crippen LogP contribution in [0.4, 0.5) is 0 Å². The number of hydrogen-bond acceptors (Lipinski definition) is 5. The number of rotatable bonds is 11. The average molecular weight is 324 g/mol. The molecular formula is C18H28O5. The highest BCUT2D eigenvalue weighted by atomic mass is 16.5. The molecule has 130 valence electrons. The fraction of sp³-hybridized carbons (Fsp3) is 0.611. The quantitative estimate of drug-likeness (QED) is 0.582. The van der Waals surface area contributed by atoms with Crippen molar-refractivity contribution in [3.63, 3.8) is 0 Å². The molecule has 0 saturated carbocycles. The molecule has 3 N–H and O–H groups in total. The van der Waals surface area contributed by atoms with E-state index in [1.807, 2.05) is 6.92 Å². The van der Waals surface area contributed by atoms with Crippen molar-refractivity contribution >= 4 is 5.78 Å². The van der Waals surface area contributed by atoms with Crippen molar-refractivity contribution < 1.29 is 24.9 Å². The number of aromatic hydroxyl groups is 1. The number of phenolic OH excluding ortho intramolecular Hbond substituents is 1.